The van der Waals surface area contributed by atoms with Crippen LogP contribution in [0.15, 0.2) is 41.3 Å². The van der Waals surface area contributed by atoms with Crippen molar-refractivity contribution in [2.45, 2.75) is 51.0 Å². The van der Waals surface area contributed by atoms with Gasteiger partial charge in [-0.3, -0.25) is 14.2 Å². The van der Waals surface area contributed by atoms with Gasteiger partial charge in [0.2, 0.25) is 5.91 Å². The third-order valence-electron chi connectivity index (χ3n) is 8.09. The molecule has 5 rings (SSSR count). The quantitative estimate of drug-likeness (QED) is 0.457. The summed E-state index contributed by atoms with van der Waals surface area (Å²) in [7, 11) is 1.67. The predicted octanol–water partition coefficient (Wildman–Crippen LogP) is 5.32. The van der Waals surface area contributed by atoms with Crippen LogP contribution in [0.1, 0.15) is 67.7 Å². The van der Waals surface area contributed by atoms with E-state index in [2.05, 4.69) is 10.3 Å². The molecular formula is C29H33F3N4O3. The fourth-order valence-electron chi connectivity index (χ4n) is 5.79. The van der Waals surface area contributed by atoms with E-state index < -0.39 is 23.8 Å². The first kappa shape index (κ1) is 27.2. The number of piperidine rings is 1. The van der Waals surface area contributed by atoms with Crippen molar-refractivity contribution in [2.75, 3.05) is 31.6 Å². The summed E-state index contributed by atoms with van der Waals surface area (Å²) in [5, 5.41) is 3.93. The maximum Gasteiger partial charge on any atom is 0.266 e. The Morgan fingerprint density at radius 1 is 1.10 bits per heavy atom. The topological polar surface area (TPSA) is 76.5 Å². The summed E-state index contributed by atoms with van der Waals surface area (Å²) in [6.07, 6.45) is 1.52. The van der Waals surface area contributed by atoms with Crippen molar-refractivity contribution in [1.29, 1.82) is 0 Å². The molecule has 2 aliphatic rings. The molecule has 1 amide bonds. The van der Waals surface area contributed by atoms with E-state index in [1.165, 1.54) is 16.7 Å². The lowest BCUT2D eigenvalue weighted by Gasteiger charge is -2.35. The van der Waals surface area contributed by atoms with Gasteiger partial charge >= 0.3 is 0 Å². The number of pyridine rings is 2. The number of alkyl halides is 2. The number of amides is 1. The highest BCUT2D eigenvalue weighted by molar-refractivity contribution is 5.89. The third-order valence-corrected chi connectivity index (χ3v) is 8.09. The maximum absolute atomic E-state index is 14.8. The molecule has 2 fully saturated rings. The number of nitrogens with one attached hydrogen (secondary N) is 1. The van der Waals surface area contributed by atoms with Crippen LogP contribution in [0, 0.1) is 11.7 Å². The summed E-state index contributed by atoms with van der Waals surface area (Å²) in [5.74, 6) is -0.758. The fourth-order valence-corrected chi connectivity index (χ4v) is 5.79. The number of ether oxygens (including phenoxy) is 1. The molecule has 208 valence electrons. The zero-order valence-electron chi connectivity index (χ0n) is 22.1. The Balaban J connectivity index is 1.39. The molecule has 2 saturated heterocycles. The highest BCUT2D eigenvalue weighted by Gasteiger charge is 2.31. The summed E-state index contributed by atoms with van der Waals surface area (Å²) >= 11 is 0. The number of aryl methyl sites for hydroxylation is 1. The monoisotopic (exact) mass is 542 g/mol. The van der Waals surface area contributed by atoms with E-state index in [9.17, 15) is 22.8 Å². The van der Waals surface area contributed by atoms with E-state index in [-0.39, 0.29) is 28.9 Å². The molecular weight excluding hydrogens is 509 g/mol. The number of benzene rings is 1. The van der Waals surface area contributed by atoms with Crippen molar-refractivity contribution in [3.63, 3.8) is 0 Å². The average molecular weight is 543 g/mol. The second-order valence-corrected chi connectivity index (χ2v) is 10.5. The molecule has 39 heavy (non-hydrogen) atoms. The lowest BCUT2D eigenvalue weighted by molar-refractivity contribution is -0.139. The van der Waals surface area contributed by atoms with E-state index in [0.717, 1.165) is 18.9 Å². The molecule has 1 atom stereocenters. The van der Waals surface area contributed by atoms with E-state index in [1.54, 1.807) is 26.2 Å². The minimum atomic E-state index is -2.91. The Kier molecular flexibility index (Phi) is 7.93. The van der Waals surface area contributed by atoms with Crippen LogP contribution >= 0.6 is 0 Å². The van der Waals surface area contributed by atoms with E-state index in [0.29, 0.717) is 61.4 Å². The van der Waals surface area contributed by atoms with E-state index >= 15 is 0 Å². The first-order chi connectivity index (χ1) is 18.8. The van der Waals surface area contributed by atoms with Crippen molar-refractivity contribution in [1.82, 2.24) is 14.5 Å². The molecule has 2 aromatic heterocycles. The van der Waals surface area contributed by atoms with Crippen LogP contribution < -0.4 is 10.9 Å². The summed E-state index contributed by atoms with van der Waals surface area (Å²) in [6.45, 7) is 4.13. The molecule has 3 aromatic rings. The van der Waals surface area contributed by atoms with Gasteiger partial charge in [0.1, 0.15) is 11.5 Å². The number of likely N-dealkylation sites (tertiary alicyclic amines) is 1. The van der Waals surface area contributed by atoms with Gasteiger partial charge in [-0.2, -0.15) is 0 Å². The van der Waals surface area contributed by atoms with Crippen molar-refractivity contribution in [3.8, 4) is 0 Å². The standard InChI is InChI=1S/C29H33F3N4O3/c1-17(20-4-3-5-21(25(20)30)26(31)32)34-24-6-11-33-27-23(24)16-22(29(38)35(27)2)18-7-12-36(13-8-18)28(37)19-9-14-39-15-10-19/h3-6,11,16-19,26H,7-10,12-15H2,1-2H3,(H,33,34)/t17-/m1/s1. The molecule has 0 radical (unpaired) electrons. The van der Waals surface area contributed by atoms with E-state index in [4.69, 9.17) is 4.74 Å². The van der Waals surface area contributed by atoms with Crippen molar-refractivity contribution in [2.24, 2.45) is 13.0 Å². The third kappa shape index (κ3) is 5.39. The molecule has 0 spiro atoms. The number of rotatable bonds is 6. The molecule has 0 bridgehead atoms. The Hall–Kier alpha value is -3.40. The number of hydrogen-bond acceptors (Lipinski definition) is 5. The SMILES string of the molecule is C[C@@H](Nc1ccnc2c1cc(C1CCN(C(=O)C3CCOCC3)CC1)c(=O)n2C)c1cccc(C(F)F)c1F. The predicted molar refractivity (Wildman–Crippen MR) is 142 cm³/mol. The Morgan fingerprint density at radius 3 is 2.49 bits per heavy atom. The summed E-state index contributed by atoms with van der Waals surface area (Å²) in [4.78, 5) is 32.6. The Morgan fingerprint density at radius 2 is 1.79 bits per heavy atom. The smallest absolute Gasteiger partial charge is 0.266 e. The molecule has 0 aliphatic carbocycles. The van der Waals surface area contributed by atoms with Gasteiger partial charge in [-0.05, 0) is 50.7 Å². The molecule has 10 heteroatoms. The van der Waals surface area contributed by atoms with Gasteiger partial charge in [0.25, 0.3) is 12.0 Å². The summed E-state index contributed by atoms with van der Waals surface area (Å²) in [5.41, 5.74) is 1.10. The largest absolute Gasteiger partial charge is 0.381 e. The number of hydrogen-bond donors (Lipinski definition) is 1. The van der Waals surface area contributed by atoms with Crippen LogP contribution in [0.25, 0.3) is 11.0 Å². The molecule has 2 aliphatic heterocycles. The lowest BCUT2D eigenvalue weighted by atomic mass is 9.88. The van der Waals surface area contributed by atoms with Crippen molar-refractivity contribution < 1.29 is 22.7 Å². The van der Waals surface area contributed by atoms with Crippen LogP contribution in [0.3, 0.4) is 0 Å². The van der Waals surface area contributed by atoms with Crippen LogP contribution in [-0.2, 0) is 16.6 Å². The van der Waals surface area contributed by atoms with Crippen LogP contribution in [0.5, 0.6) is 0 Å². The van der Waals surface area contributed by atoms with E-state index in [1.807, 2.05) is 11.0 Å². The first-order valence-corrected chi connectivity index (χ1v) is 13.4. The molecule has 0 unspecified atom stereocenters. The van der Waals surface area contributed by atoms with Gasteiger partial charge in [0, 0.05) is 67.7 Å². The zero-order chi connectivity index (χ0) is 27.7. The van der Waals surface area contributed by atoms with Gasteiger partial charge in [-0.1, -0.05) is 18.2 Å². The van der Waals surface area contributed by atoms with Crippen LogP contribution in [-0.4, -0.2) is 46.7 Å². The Labute approximate surface area is 225 Å². The number of nitrogens with zero attached hydrogens (tertiary/aromatic N) is 3. The molecule has 1 aromatic carbocycles. The van der Waals surface area contributed by atoms with Gasteiger partial charge in [0.05, 0.1) is 11.6 Å². The molecule has 0 saturated carbocycles. The highest BCUT2D eigenvalue weighted by Crippen LogP contribution is 2.33. The lowest BCUT2D eigenvalue weighted by Crippen LogP contribution is -2.43. The maximum atomic E-state index is 14.8. The number of carbonyl (C=O) groups is 1. The number of anilines is 1. The average Bonchev–Trinajstić information content (AvgIpc) is 2.95. The van der Waals surface area contributed by atoms with Crippen molar-refractivity contribution in [3.05, 3.63) is 69.4 Å². The Bertz CT molecular complexity index is 1410. The van der Waals surface area contributed by atoms with Gasteiger partial charge in [-0.15, -0.1) is 0 Å². The minimum absolute atomic E-state index is 0.0109. The second kappa shape index (κ2) is 11.4. The van der Waals surface area contributed by atoms with Crippen LogP contribution in [0.2, 0.25) is 0 Å². The molecule has 1 N–H and O–H groups in total. The zero-order valence-corrected chi connectivity index (χ0v) is 22.1. The van der Waals surface area contributed by atoms with Gasteiger partial charge in [0.15, 0.2) is 0 Å². The first-order valence-electron chi connectivity index (χ1n) is 13.4. The number of aromatic nitrogens is 2. The number of carbonyl (C=O) groups excluding carboxylic acids is 1. The van der Waals surface area contributed by atoms with Gasteiger partial charge < -0.3 is 15.0 Å². The fraction of sp³-hybridized carbons (Fsp3) is 0.483. The second-order valence-electron chi connectivity index (χ2n) is 10.5. The molecule has 7 nitrogen and oxygen atoms in total. The summed E-state index contributed by atoms with van der Waals surface area (Å²) < 4.78 is 48.2. The van der Waals surface area contributed by atoms with Gasteiger partial charge in [-0.25, -0.2) is 18.2 Å². The highest BCUT2D eigenvalue weighted by atomic mass is 19.3. The number of halogens is 3. The van der Waals surface area contributed by atoms with Crippen molar-refractivity contribution >= 4 is 22.6 Å². The van der Waals surface area contributed by atoms with Crippen LogP contribution in [0.4, 0.5) is 18.9 Å². The minimum Gasteiger partial charge on any atom is -0.381 e. The normalized spacial score (nSPS) is 18.1. The summed E-state index contributed by atoms with van der Waals surface area (Å²) in [6, 6.07) is 6.95. The number of fused-ring (bicyclic) bond motifs is 1. The molecule has 4 heterocycles.